The molecule has 0 aliphatic heterocycles. The zero-order chi connectivity index (χ0) is 11.4. The first-order chi connectivity index (χ1) is 7.81. The zero-order valence-corrected chi connectivity index (χ0v) is 12.0. The Labute approximate surface area is 110 Å². The van der Waals surface area contributed by atoms with E-state index in [2.05, 4.69) is 52.5 Å². The van der Waals surface area contributed by atoms with Gasteiger partial charge in [-0.25, -0.2) is 0 Å². The van der Waals surface area contributed by atoms with Crippen molar-refractivity contribution < 1.29 is 0 Å². The third kappa shape index (κ3) is 2.86. The van der Waals surface area contributed by atoms with E-state index in [0.29, 0.717) is 4.83 Å². The second-order valence-electron chi connectivity index (χ2n) is 4.18. The van der Waals surface area contributed by atoms with Crippen LogP contribution in [0.25, 0.3) is 10.1 Å². The average molecular weight is 297 g/mol. The molecule has 0 saturated carbocycles. The highest BCUT2D eigenvalue weighted by Crippen LogP contribution is 2.26. The van der Waals surface area contributed by atoms with Crippen molar-refractivity contribution in [3.05, 3.63) is 35.2 Å². The van der Waals surface area contributed by atoms with Crippen LogP contribution in [0.4, 0.5) is 0 Å². The third-order valence-corrected chi connectivity index (χ3v) is 4.81. The van der Waals surface area contributed by atoms with Gasteiger partial charge in [0.1, 0.15) is 0 Å². The van der Waals surface area contributed by atoms with Crippen LogP contribution in [0.3, 0.4) is 0 Å². The molecular weight excluding hydrogens is 280 g/mol. The van der Waals surface area contributed by atoms with E-state index in [4.69, 9.17) is 0 Å². The third-order valence-electron chi connectivity index (χ3n) is 2.89. The van der Waals surface area contributed by atoms with Crippen LogP contribution in [0.2, 0.25) is 0 Å². The first-order valence-electron chi connectivity index (χ1n) is 5.90. The Kier molecular flexibility index (Phi) is 4.42. The molecule has 2 heteroatoms. The molecule has 16 heavy (non-hydrogen) atoms. The predicted octanol–water partition coefficient (Wildman–Crippen LogP) is 5.40. The van der Waals surface area contributed by atoms with Crippen molar-refractivity contribution >= 4 is 37.4 Å². The molecule has 1 aromatic heterocycles. The van der Waals surface area contributed by atoms with Crippen molar-refractivity contribution in [2.24, 2.45) is 0 Å². The molecule has 0 N–H and O–H groups in total. The SMILES string of the molecule is CCCC(Br)CCc1cccc2ccsc12. The highest BCUT2D eigenvalue weighted by molar-refractivity contribution is 9.09. The molecule has 1 unspecified atom stereocenters. The highest BCUT2D eigenvalue weighted by Gasteiger charge is 2.06. The van der Waals surface area contributed by atoms with Crippen molar-refractivity contribution in [1.29, 1.82) is 0 Å². The second-order valence-corrected chi connectivity index (χ2v) is 6.39. The van der Waals surface area contributed by atoms with Crippen LogP contribution in [0.5, 0.6) is 0 Å². The van der Waals surface area contributed by atoms with Crippen LogP contribution >= 0.6 is 27.3 Å². The summed E-state index contributed by atoms with van der Waals surface area (Å²) in [5.74, 6) is 0. The summed E-state index contributed by atoms with van der Waals surface area (Å²) in [7, 11) is 0. The lowest BCUT2D eigenvalue weighted by molar-refractivity contribution is 0.695. The Morgan fingerprint density at radius 1 is 1.25 bits per heavy atom. The van der Waals surface area contributed by atoms with Crippen LogP contribution in [-0.4, -0.2) is 4.83 Å². The number of aryl methyl sites for hydroxylation is 1. The number of halogens is 1. The molecule has 0 fully saturated rings. The molecule has 2 aromatic rings. The largest absolute Gasteiger partial charge is 0.144 e. The first-order valence-corrected chi connectivity index (χ1v) is 7.70. The summed E-state index contributed by atoms with van der Waals surface area (Å²) in [6, 6.07) is 8.85. The second kappa shape index (κ2) is 5.83. The smallest absolute Gasteiger partial charge is 0.0374 e. The minimum absolute atomic E-state index is 0.674. The lowest BCUT2D eigenvalue weighted by Crippen LogP contribution is -1.99. The van der Waals surface area contributed by atoms with Gasteiger partial charge in [0.25, 0.3) is 0 Å². The van der Waals surface area contributed by atoms with Gasteiger partial charge >= 0.3 is 0 Å². The number of benzene rings is 1. The van der Waals surface area contributed by atoms with E-state index in [9.17, 15) is 0 Å². The van der Waals surface area contributed by atoms with E-state index in [-0.39, 0.29) is 0 Å². The van der Waals surface area contributed by atoms with Gasteiger partial charge in [0.2, 0.25) is 0 Å². The monoisotopic (exact) mass is 296 g/mol. The van der Waals surface area contributed by atoms with Gasteiger partial charge in [-0.3, -0.25) is 0 Å². The van der Waals surface area contributed by atoms with E-state index in [1.165, 1.54) is 41.3 Å². The number of rotatable bonds is 5. The Morgan fingerprint density at radius 2 is 2.12 bits per heavy atom. The van der Waals surface area contributed by atoms with E-state index in [1.54, 1.807) is 0 Å². The quantitative estimate of drug-likeness (QED) is 0.648. The summed E-state index contributed by atoms with van der Waals surface area (Å²) in [6.07, 6.45) is 4.97. The first kappa shape index (κ1) is 12.1. The maximum Gasteiger partial charge on any atom is 0.0374 e. The Bertz CT molecular complexity index is 447. The Balaban J connectivity index is 2.06. The minimum atomic E-state index is 0.674. The zero-order valence-electron chi connectivity index (χ0n) is 9.58. The van der Waals surface area contributed by atoms with Gasteiger partial charge in [0.15, 0.2) is 0 Å². The molecule has 0 amide bonds. The van der Waals surface area contributed by atoms with Crippen LogP contribution in [0, 0.1) is 0 Å². The summed E-state index contributed by atoms with van der Waals surface area (Å²) >= 11 is 5.62. The normalized spacial score (nSPS) is 13.1. The molecule has 0 nitrogen and oxygen atoms in total. The number of alkyl halides is 1. The van der Waals surface area contributed by atoms with E-state index >= 15 is 0 Å². The Morgan fingerprint density at radius 3 is 2.94 bits per heavy atom. The number of thiophene rings is 1. The van der Waals surface area contributed by atoms with Gasteiger partial charge in [0.05, 0.1) is 0 Å². The molecule has 86 valence electrons. The summed E-state index contributed by atoms with van der Waals surface area (Å²) in [6.45, 7) is 2.24. The average Bonchev–Trinajstić information content (AvgIpc) is 2.75. The highest BCUT2D eigenvalue weighted by atomic mass is 79.9. The van der Waals surface area contributed by atoms with Crippen molar-refractivity contribution in [3.8, 4) is 0 Å². The fourth-order valence-corrected chi connectivity index (χ4v) is 3.65. The molecule has 0 aliphatic rings. The van der Waals surface area contributed by atoms with E-state index < -0.39 is 0 Å². The molecule has 1 heterocycles. The number of hydrogen-bond acceptors (Lipinski definition) is 1. The van der Waals surface area contributed by atoms with Crippen molar-refractivity contribution in [2.75, 3.05) is 0 Å². The lowest BCUT2D eigenvalue weighted by Gasteiger charge is -2.08. The van der Waals surface area contributed by atoms with Gasteiger partial charge in [0, 0.05) is 9.53 Å². The lowest BCUT2D eigenvalue weighted by atomic mass is 10.0. The molecule has 0 aliphatic carbocycles. The number of hydrogen-bond donors (Lipinski definition) is 0. The van der Waals surface area contributed by atoms with Gasteiger partial charge in [-0.1, -0.05) is 47.5 Å². The molecule has 0 saturated heterocycles. The van der Waals surface area contributed by atoms with Crippen LogP contribution in [0.15, 0.2) is 29.6 Å². The van der Waals surface area contributed by atoms with Gasteiger partial charge in [-0.05, 0) is 41.7 Å². The van der Waals surface area contributed by atoms with Crippen LogP contribution in [-0.2, 0) is 6.42 Å². The summed E-state index contributed by atoms with van der Waals surface area (Å²) < 4.78 is 1.47. The van der Waals surface area contributed by atoms with Crippen molar-refractivity contribution in [1.82, 2.24) is 0 Å². The van der Waals surface area contributed by atoms with Crippen molar-refractivity contribution in [2.45, 2.75) is 37.4 Å². The van der Waals surface area contributed by atoms with Gasteiger partial charge < -0.3 is 0 Å². The molecule has 0 bridgehead atoms. The molecule has 2 rings (SSSR count). The maximum absolute atomic E-state index is 3.75. The van der Waals surface area contributed by atoms with E-state index in [1.807, 2.05) is 11.3 Å². The molecule has 1 aromatic carbocycles. The predicted molar refractivity (Wildman–Crippen MR) is 77.8 cm³/mol. The van der Waals surface area contributed by atoms with E-state index in [0.717, 1.165) is 0 Å². The van der Waals surface area contributed by atoms with Crippen molar-refractivity contribution in [3.63, 3.8) is 0 Å². The summed E-state index contributed by atoms with van der Waals surface area (Å²) in [5.41, 5.74) is 1.51. The topological polar surface area (TPSA) is 0 Å². The Hall–Kier alpha value is -0.340. The standard InChI is InChI=1S/C14H17BrS/c1-2-4-13(15)8-7-11-5-3-6-12-9-10-16-14(11)12/h3,5-6,9-10,13H,2,4,7-8H2,1H3. The van der Waals surface area contributed by atoms with Gasteiger partial charge in [-0.2, -0.15) is 0 Å². The summed E-state index contributed by atoms with van der Waals surface area (Å²) in [4.78, 5) is 0.674. The van der Waals surface area contributed by atoms with Crippen LogP contribution < -0.4 is 0 Å². The molecule has 0 radical (unpaired) electrons. The molecule has 1 atom stereocenters. The minimum Gasteiger partial charge on any atom is -0.144 e. The fraction of sp³-hybridized carbons (Fsp3) is 0.429. The van der Waals surface area contributed by atoms with Gasteiger partial charge in [-0.15, -0.1) is 11.3 Å². The summed E-state index contributed by atoms with van der Waals surface area (Å²) in [5, 5.41) is 3.58. The molecule has 0 spiro atoms. The molecular formula is C14H17BrS. The van der Waals surface area contributed by atoms with Crippen LogP contribution in [0.1, 0.15) is 31.7 Å². The maximum atomic E-state index is 3.75. The fourth-order valence-electron chi connectivity index (χ4n) is 2.02. The number of fused-ring (bicyclic) bond motifs is 1.